The molecule has 0 spiro atoms. The maximum absolute atomic E-state index is 13.8. The normalized spacial score (nSPS) is 16.2. The number of nitrogens with one attached hydrogen (secondary N) is 2. The Hall–Kier alpha value is -3.27. The number of aromatic nitrogens is 2. The smallest absolute Gasteiger partial charge is 0.459 e. The Balaban J connectivity index is 2.25. The Morgan fingerprint density at radius 3 is 2.44 bits per heavy atom. The molecule has 0 amide bonds. The van der Waals surface area contributed by atoms with E-state index in [0.717, 1.165) is 16.8 Å². The topological polar surface area (TPSA) is 182 Å². The van der Waals surface area contributed by atoms with Crippen LogP contribution in [0.25, 0.3) is 0 Å². The zero-order chi connectivity index (χ0) is 29.2. The van der Waals surface area contributed by atoms with Crippen molar-refractivity contribution in [3.8, 4) is 11.8 Å². The number of hydrogen-bond donors (Lipinski definition) is 3. The third-order valence-electron chi connectivity index (χ3n) is 5.03. The van der Waals surface area contributed by atoms with Gasteiger partial charge in [0.05, 0.1) is 31.8 Å². The van der Waals surface area contributed by atoms with Crippen molar-refractivity contribution in [1.29, 1.82) is 5.26 Å². The molecule has 1 aromatic heterocycles. The summed E-state index contributed by atoms with van der Waals surface area (Å²) in [5, 5.41) is 22.1. The number of nitrogens with zero attached hydrogens (tertiary/aromatic N) is 2. The number of aromatic amines is 1. The number of H-pyrrole nitrogens is 1. The number of hydrogen-bond acceptors (Lipinski definition) is 10. The van der Waals surface area contributed by atoms with Gasteiger partial charge in [-0.25, -0.2) is 9.36 Å². The second-order valence-electron chi connectivity index (χ2n) is 9.97. The molecule has 2 rings (SSSR count). The number of aliphatic hydroxyl groups is 1. The lowest BCUT2D eigenvalue weighted by Crippen LogP contribution is -2.40. The van der Waals surface area contributed by atoms with E-state index in [1.807, 2.05) is 26.8 Å². The summed E-state index contributed by atoms with van der Waals surface area (Å²) in [7, 11) is -4.28. The first-order valence-electron chi connectivity index (χ1n) is 12.2. The second kappa shape index (κ2) is 14.2. The predicted octanol–water partition coefficient (Wildman–Crippen LogP) is 2.49. The molecule has 3 N–H and O–H groups in total. The minimum Gasteiger partial charge on any atom is -0.464 e. The first kappa shape index (κ1) is 31.9. The lowest BCUT2D eigenvalue weighted by molar-refractivity contribution is -0.148. The van der Waals surface area contributed by atoms with Crippen LogP contribution in [0.2, 0.25) is 0 Å². The minimum absolute atomic E-state index is 0.130. The van der Waals surface area contributed by atoms with Crippen molar-refractivity contribution in [2.24, 2.45) is 5.41 Å². The molecule has 0 fully saturated rings. The second-order valence-corrected chi connectivity index (χ2v) is 11.7. The largest absolute Gasteiger partial charge is 0.464 e. The maximum atomic E-state index is 13.8. The molecular formula is C25H35N4O9P. The van der Waals surface area contributed by atoms with Gasteiger partial charge in [0.2, 0.25) is 0 Å². The Morgan fingerprint density at radius 1 is 1.21 bits per heavy atom. The molecule has 2 aromatic rings. The predicted molar refractivity (Wildman–Crippen MR) is 141 cm³/mol. The van der Waals surface area contributed by atoms with Crippen LogP contribution in [0.1, 0.15) is 47.3 Å². The van der Waals surface area contributed by atoms with Crippen molar-refractivity contribution in [2.75, 3.05) is 13.2 Å². The van der Waals surface area contributed by atoms with Crippen LogP contribution in [0.3, 0.4) is 0 Å². The van der Waals surface area contributed by atoms with Crippen molar-refractivity contribution in [3.05, 3.63) is 63.4 Å². The van der Waals surface area contributed by atoms with E-state index in [0.29, 0.717) is 0 Å². The van der Waals surface area contributed by atoms with E-state index in [4.69, 9.17) is 18.5 Å². The fourth-order valence-corrected chi connectivity index (χ4v) is 4.52. The molecule has 14 heteroatoms. The molecule has 0 aliphatic heterocycles. The molecule has 2 unspecified atom stereocenters. The Labute approximate surface area is 226 Å². The molecule has 214 valence electrons. The molecule has 5 atom stereocenters. The number of rotatable bonds is 14. The number of ether oxygens (including phenoxy) is 2. The number of esters is 1. The highest BCUT2D eigenvalue weighted by Gasteiger charge is 2.35. The van der Waals surface area contributed by atoms with Gasteiger partial charge in [0, 0.05) is 12.3 Å². The molecule has 39 heavy (non-hydrogen) atoms. The summed E-state index contributed by atoms with van der Waals surface area (Å²) in [4.78, 5) is 38.2. The van der Waals surface area contributed by atoms with Crippen LogP contribution in [0.15, 0.2) is 52.2 Å². The summed E-state index contributed by atoms with van der Waals surface area (Å²) in [6.07, 6.45) is -2.80. The maximum Gasteiger partial charge on any atom is 0.459 e. The molecule has 13 nitrogen and oxygen atoms in total. The van der Waals surface area contributed by atoms with Crippen LogP contribution in [0, 0.1) is 16.7 Å². The van der Waals surface area contributed by atoms with Gasteiger partial charge in [-0.05, 0) is 31.4 Å². The van der Waals surface area contributed by atoms with E-state index >= 15 is 0 Å². The number of carbonyl (C=O) groups excluding carboxylic acids is 1. The molecule has 0 bridgehead atoms. The Kier molecular flexibility index (Phi) is 11.6. The van der Waals surface area contributed by atoms with Crippen LogP contribution in [0.5, 0.6) is 5.75 Å². The number of benzene rings is 1. The van der Waals surface area contributed by atoms with Gasteiger partial charge in [0.25, 0.3) is 5.56 Å². The molecule has 0 saturated heterocycles. The van der Waals surface area contributed by atoms with E-state index in [2.05, 4.69) is 10.1 Å². The van der Waals surface area contributed by atoms with Crippen molar-refractivity contribution in [2.45, 2.75) is 65.5 Å². The summed E-state index contributed by atoms with van der Waals surface area (Å²) >= 11 is 0. The highest BCUT2D eigenvalue weighted by atomic mass is 31.2. The summed E-state index contributed by atoms with van der Waals surface area (Å²) in [6, 6.07) is 9.95. The first-order chi connectivity index (χ1) is 18.2. The van der Waals surface area contributed by atoms with Crippen LogP contribution < -0.4 is 20.9 Å². The van der Waals surface area contributed by atoms with E-state index in [1.165, 1.54) is 26.0 Å². The summed E-state index contributed by atoms with van der Waals surface area (Å²) < 4.78 is 37.0. The summed E-state index contributed by atoms with van der Waals surface area (Å²) in [5.41, 5.74) is -1.75. The van der Waals surface area contributed by atoms with Crippen molar-refractivity contribution < 1.29 is 33.0 Å². The number of aliphatic hydroxyl groups excluding tert-OH is 1. The quantitative estimate of drug-likeness (QED) is 0.226. The van der Waals surface area contributed by atoms with Gasteiger partial charge in [0.1, 0.15) is 17.9 Å². The standard InChI is InChI=1S/C25H35N4O9P/c1-17(23(32)35-16-25(3,4)5)28-39(34,38-19-9-7-6-8-10-19)36-15-20(18(2)30)37-22(11-13-26)29-14-12-21(31)27-24(29)33/h6-10,12,14,17-18,20,22,30H,11,15-16H2,1-5H3,(H,28,34)(H,27,31,33)/t17-,18?,20+,22+,39?/m0/s1. The minimum atomic E-state index is -4.28. The lowest BCUT2D eigenvalue weighted by Gasteiger charge is -2.29. The first-order valence-corrected chi connectivity index (χ1v) is 13.7. The van der Waals surface area contributed by atoms with Gasteiger partial charge < -0.3 is 19.1 Å². The Bertz CT molecular complexity index is 1280. The van der Waals surface area contributed by atoms with Crippen LogP contribution in [-0.2, 0) is 23.4 Å². The van der Waals surface area contributed by atoms with Gasteiger partial charge in [-0.2, -0.15) is 10.3 Å². The fourth-order valence-electron chi connectivity index (χ4n) is 3.02. The number of carbonyl (C=O) groups is 1. The van der Waals surface area contributed by atoms with Crippen LogP contribution in [-0.4, -0.2) is 52.1 Å². The van der Waals surface area contributed by atoms with Crippen molar-refractivity contribution in [3.63, 3.8) is 0 Å². The average Bonchev–Trinajstić information content (AvgIpc) is 2.84. The molecule has 0 aliphatic rings. The van der Waals surface area contributed by atoms with E-state index < -0.39 is 56.0 Å². The van der Waals surface area contributed by atoms with Crippen molar-refractivity contribution in [1.82, 2.24) is 14.6 Å². The van der Waals surface area contributed by atoms with Gasteiger partial charge in [-0.15, -0.1) is 0 Å². The third-order valence-corrected chi connectivity index (χ3v) is 6.67. The molecule has 0 saturated carbocycles. The Morgan fingerprint density at radius 2 is 1.87 bits per heavy atom. The van der Waals surface area contributed by atoms with Crippen molar-refractivity contribution >= 4 is 13.7 Å². The van der Waals surface area contributed by atoms with E-state index in [9.17, 15) is 29.3 Å². The van der Waals surface area contributed by atoms with Crippen LogP contribution >= 0.6 is 7.75 Å². The SMILES string of the molecule is CC(O)[C@@H](COP(=O)(N[C@@H](C)C(=O)OCC(C)(C)C)Oc1ccccc1)O[C@H](CC#N)n1ccc(=O)[nH]c1=O. The zero-order valence-electron chi connectivity index (χ0n) is 22.5. The average molecular weight is 567 g/mol. The molecule has 1 heterocycles. The highest BCUT2D eigenvalue weighted by molar-refractivity contribution is 7.52. The number of para-hydroxylation sites is 1. The zero-order valence-corrected chi connectivity index (χ0v) is 23.4. The van der Waals surface area contributed by atoms with E-state index in [1.54, 1.807) is 18.2 Å². The van der Waals surface area contributed by atoms with E-state index in [-0.39, 0.29) is 24.2 Å². The summed E-state index contributed by atoms with van der Waals surface area (Å²) in [5.74, 6) is -0.500. The van der Waals surface area contributed by atoms with Gasteiger partial charge in [-0.1, -0.05) is 39.0 Å². The lowest BCUT2D eigenvalue weighted by atomic mass is 9.99. The fraction of sp³-hybridized carbons (Fsp3) is 0.520. The van der Waals surface area contributed by atoms with Crippen LogP contribution in [0.4, 0.5) is 0 Å². The molecule has 1 aromatic carbocycles. The highest BCUT2D eigenvalue weighted by Crippen LogP contribution is 2.45. The van der Waals surface area contributed by atoms with Gasteiger partial charge in [-0.3, -0.25) is 23.7 Å². The molecule has 0 radical (unpaired) electrons. The summed E-state index contributed by atoms with van der Waals surface area (Å²) in [6.45, 7) is 8.08. The van der Waals surface area contributed by atoms with Gasteiger partial charge >= 0.3 is 19.4 Å². The molecule has 0 aliphatic carbocycles. The molecular weight excluding hydrogens is 531 g/mol. The third kappa shape index (κ3) is 10.8. The monoisotopic (exact) mass is 566 g/mol. The van der Waals surface area contributed by atoms with Gasteiger partial charge in [0.15, 0.2) is 6.23 Å². The number of nitriles is 1.